The second-order valence-corrected chi connectivity index (χ2v) is 7.08. The van der Waals surface area contributed by atoms with Gasteiger partial charge in [-0.25, -0.2) is 14.6 Å². The molecule has 3 N–H and O–H groups in total. The maximum atomic E-state index is 11.6. The summed E-state index contributed by atoms with van der Waals surface area (Å²) in [6.45, 7) is 11.2. The number of nitrogens with one attached hydrogen (secondary N) is 3. The predicted molar refractivity (Wildman–Crippen MR) is 122 cm³/mol. The van der Waals surface area contributed by atoms with Crippen molar-refractivity contribution in [3.63, 3.8) is 0 Å². The number of alkyl carbamates (subject to hydrolysis) is 1. The number of methoxy groups -OCH3 is 1. The third kappa shape index (κ3) is 11.0. The van der Waals surface area contributed by atoms with E-state index in [1.165, 1.54) is 7.11 Å². The number of ether oxygens (including phenoxy) is 2. The molecule has 0 saturated heterocycles. The zero-order valence-corrected chi connectivity index (χ0v) is 20.3. The highest BCUT2D eigenvalue weighted by Crippen LogP contribution is 2.16. The summed E-state index contributed by atoms with van der Waals surface area (Å²) in [5.41, 5.74) is -0.107. The standard InChI is InChI=1S/C19H32N4O5.HI/c1-7-20-17(21-9-8-10-22-18(25)28-19(3,4)5)23-12-14-11-15(13(2)27-14)16(24)26-6;/h11H,7-10,12H2,1-6H3,(H,22,25)(H2,20,21,23);1H. The van der Waals surface area contributed by atoms with Crippen molar-refractivity contribution >= 4 is 42.0 Å². The van der Waals surface area contributed by atoms with Crippen molar-refractivity contribution in [3.05, 3.63) is 23.2 Å². The molecule has 166 valence electrons. The van der Waals surface area contributed by atoms with Crippen molar-refractivity contribution in [2.24, 2.45) is 4.99 Å². The number of hydrogen-bond acceptors (Lipinski definition) is 6. The van der Waals surface area contributed by atoms with Gasteiger partial charge in [0.15, 0.2) is 5.96 Å². The lowest BCUT2D eigenvalue weighted by molar-refractivity contribution is 0.0526. The predicted octanol–water partition coefficient (Wildman–Crippen LogP) is 2.96. The lowest BCUT2D eigenvalue weighted by Crippen LogP contribution is -2.39. The molecule has 9 nitrogen and oxygen atoms in total. The van der Waals surface area contributed by atoms with E-state index < -0.39 is 17.7 Å². The number of halogens is 1. The van der Waals surface area contributed by atoms with Crippen LogP contribution in [0.4, 0.5) is 4.79 Å². The number of aliphatic imine (C=N–C) groups is 1. The number of guanidine groups is 1. The number of aryl methyl sites for hydroxylation is 1. The van der Waals surface area contributed by atoms with Crippen LogP contribution in [0.5, 0.6) is 0 Å². The first kappa shape index (κ1) is 27.0. The van der Waals surface area contributed by atoms with Crippen molar-refractivity contribution in [1.82, 2.24) is 16.0 Å². The smallest absolute Gasteiger partial charge is 0.407 e. The molecule has 1 heterocycles. The summed E-state index contributed by atoms with van der Waals surface area (Å²) in [5.74, 6) is 1.26. The average Bonchev–Trinajstić information content (AvgIpc) is 2.97. The van der Waals surface area contributed by atoms with E-state index >= 15 is 0 Å². The zero-order valence-electron chi connectivity index (χ0n) is 18.0. The van der Waals surface area contributed by atoms with E-state index in [9.17, 15) is 9.59 Å². The van der Waals surface area contributed by atoms with Crippen LogP contribution >= 0.6 is 24.0 Å². The lowest BCUT2D eigenvalue weighted by atomic mass is 10.2. The van der Waals surface area contributed by atoms with Crippen LogP contribution in [0.15, 0.2) is 15.5 Å². The first-order chi connectivity index (χ1) is 13.2. The maximum Gasteiger partial charge on any atom is 0.407 e. The molecule has 0 unspecified atom stereocenters. The first-order valence-electron chi connectivity index (χ1n) is 9.33. The monoisotopic (exact) mass is 524 g/mol. The van der Waals surface area contributed by atoms with E-state index in [2.05, 4.69) is 20.9 Å². The molecule has 1 rings (SSSR count). The molecule has 29 heavy (non-hydrogen) atoms. The van der Waals surface area contributed by atoms with Crippen LogP contribution in [-0.4, -0.2) is 50.4 Å². The Balaban J connectivity index is 0.00000784. The Morgan fingerprint density at radius 2 is 1.83 bits per heavy atom. The summed E-state index contributed by atoms with van der Waals surface area (Å²) in [4.78, 5) is 27.7. The maximum absolute atomic E-state index is 11.6. The van der Waals surface area contributed by atoms with Gasteiger partial charge < -0.3 is 29.8 Å². The van der Waals surface area contributed by atoms with Gasteiger partial charge in [0.1, 0.15) is 29.2 Å². The highest BCUT2D eigenvalue weighted by Gasteiger charge is 2.16. The van der Waals surface area contributed by atoms with Crippen LogP contribution in [0.1, 0.15) is 56.0 Å². The van der Waals surface area contributed by atoms with Crippen LogP contribution in [0, 0.1) is 6.92 Å². The molecule has 0 aliphatic carbocycles. The summed E-state index contributed by atoms with van der Waals surface area (Å²) in [6, 6.07) is 1.64. The van der Waals surface area contributed by atoms with E-state index in [1.807, 2.05) is 27.7 Å². The normalized spacial score (nSPS) is 11.3. The minimum absolute atomic E-state index is 0. The highest BCUT2D eigenvalue weighted by atomic mass is 127. The molecule has 0 saturated carbocycles. The molecule has 0 radical (unpaired) electrons. The number of carbonyl (C=O) groups excluding carboxylic acids is 2. The van der Waals surface area contributed by atoms with Gasteiger partial charge in [-0.2, -0.15) is 0 Å². The molecule has 1 amide bonds. The van der Waals surface area contributed by atoms with Crippen molar-refractivity contribution in [1.29, 1.82) is 0 Å². The minimum Gasteiger partial charge on any atom is -0.465 e. The molecule has 0 fully saturated rings. The minimum atomic E-state index is -0.509. The number of nitrogens with zero attached hydrogens (tertiary/aromatic N) is 1. The van der Waals surface area contributed by atoms with Crippen molar-refractivity contribution in [2.75, 3.05) is 26.7 Å². The van der Waals surface area contributed by atoms with Crippen LogP contribution in [0.25, 0.3) is 0 Å². The summed E-state index contributed by atoms with van der Waals surface area (Å²) in [5, 5.41) is 9.02. The van der Waals surface area contributed by atoms with E-state index in [1.54, 1.807) is 13.0 Å². The topological polar surface area (TPSA) is 114 Å². The molecule has 10 heteroatoms. The van der Waals surface area contributed by atoms with Gasteiger partial charge in [-0.15, -0.1) is 24.0 Å². The van der Waals surface area contributed by atoms with E-state index in [0.29, 0.717) is 49.1 Å². The Kier molecular flexibility index (Phi) is 12.4. The van der Waals surface area contributed by atoms with Crippen molar-refractivity contribution < 1.29 is 23.5 Å². The molecule has 0 atom stereocenters. The van der Waals surface area contributed by atoms with Gasteiger partial charge in [-0.05, 0) is 47.1 Å². The molecule has 0 aliphatic heterocycles. The number of hydrogen-bond donors (Lipinski definition) is 3. The number of carbonyl (C=O) groups is 2. The molecule has 0 aromatic carbocycles. The molecule has 0 spiro atoms. The van der Waals surface area contributed by atoms with Gasteiger partial charge >= 0.3 is 12.1 Å². The summed E-state index contributed by atoms with van der Waals surface area (Å²) in [7, 11) is 1.33. The summed E-state index contributed by atoms with van der Waals surface area (Å²) >= 11 is 0. The van der Waals surface area contributed by atoms with Gasteiger partial charge in [-0.1, -0.05) is 0 Å². The third-order valence-corrected chi connectivity index (χ3v) is 3.43. The van der Waals surface area contributed by atoms with Gasteiger partial charge in [-0.3, -0.25) is 0 Å². The van der Waals surface area contributed by atoms with Crippen LogP contribution in [0.2, 0.25) is 0 Å². The number of amides is 1. The molecular weight excluding hydrogens is 491 g/mol. The number of esters is 1. The second kappa shape index (κ2) is 13.3. The summed E-state index contributed by atoms with van der Waals surface area (Å²) < 4.78 is 15.4. The molecule has 0 aliphatic rings. The van der Waals surface area contributed by atoms with Gasteiger partial charge in [0.2, 0.25) is 0 Å². The second-order valence-electron chi connectivity index (χ2n) is 7.08. The van der Waals surface area contributed by atoms with Gasteiger partial charge in [0.05, 0.1) is 7.11 Å². The fourth-order valence-electron chi connectivity index (χ4n) is 2.23. The Morgan fingerprint density at radius 1 is 1.17 bits per heavy atom. The largest absolute Gasteiger partial charge is 0.465 e. The van der Waals surface area contributed by atoms with Crippen LogP contribution < -0.4 is 16.0 Å². The Hall–Kier alpha value is -1.98. The fraction of sp³-hybridized carbons (Fsp3) is 0.632. The Labute approximate surface area is 189 Å². The third-order valence-electron chi connectivity index (χ3n) is 3.43. The van der Waals surface area contributed by atoms with E-state index in [-0.39, 0.29) is 30.5 Å². The number of furan rings is 1. The summed E-state index contributed by atoms with van der Waals surface area (Å²) in [6.07, 6.45) is 0.276. The Bertz CT molecular complexity index is 683. The molecule has 1 aromatic rings. The van der Waals surface area contributed by atoms with Crippen LogP contribution in [0.3, 0.4) is 0 Å². The quantitative estimate of drug-likeness (QED) is 0.158. The molecule has 0 bridgehead atoms. The fourth-order valence-corrected chi connectivity index (χ4v) is 2.23. The average molecular weight is 524 g/mol. The van der Waals surface area contributed by atoms with E-state index in [4.69, 9.17) is 13.9 Å². The SMILES string of the molecule is CCNC(=NCc1cc(C(=O)OC)c(C)o1)NCCCNC(=O)OC(C)(C)C.I. The molecule has 1 aromatic heterocycles. The lowest BCUT2D eigenvalue weighted by Gasteiger charge is -2.19. The highest BCUT2D eigenvalue weighted by molar-refractivity contribution is 14.0. The molecular formula is C19H33IN4O5. The van der Waals surface area contributed by atoms with Gasteiger partial charge in [0, 0.05) is 19.6 Å². The van der Waals surface area contributed by atoms with Crippen LogP contribution in [-0.2, 0) is 16.0 Å². The number of rotatable bonds is 8. The van der Waals surface area contributed by atoms with Gasteiger partial charge in [0.25, 0.3) is 0 Å². The van der Waals surface area contributed by atoms with E-state index in [0.717, 1.165) is 0 Å². The first-order valence-corrected chi connectivity index (χ1v) is 9.33. The Morgan fingerprint density at radius 3 is 2.41 bits per heavy atom. The van der Waals surface area contributed by atoms with Crippen molar-refractivity contribution in [3.8, 4) is 0 Å². The van der Waals surface area contributed by atoms with Crippen molar-refractivity contribution in [2.45, 2.75) is 53.2 Å². The zero-order chi connectivity index (χ0) is 21.2.